The Morgan fingerprint density at radius 3 is 2.16 bits per heavy atom. The number of amides is 1. The van der Waals surface area contributed by atoms with Gasteiger partial charge in [0.25, 0.3) is 11.5 Å². The number of carbonyl (C=O) groups excluding carboxylic acids is 1. The molecule has 0 unspecified atom stereocenters. The van der Waals surface area contributed by atoms with E-state index in [0.717, 1.165) is 23.1 Å². The monoisotopic (exact) mass is 501 g/mol. The van der Waals surface area contributed by atoms with E-state index in [0.29, 0.717) is 41.9 Å². The highest BCUT2D eigenvalue weighted by Gasteiger charge is 2.15. The molecule has 0 saturated heterocycles. The van der Waals surface area contributed by atoms with Gasteiger partial charge in [0.15, 0.2) is 0 Å². The predicted molar refractivity (Wildman–Crippen MR) is 144 cm³/mol. The van der Waals surface area contributed by atoms with Gasteiger partial charge in [-0.3, -0.25) is 18.7 Å². The maximum absolute atomic E-state index is 13.6. The quantitative estimate of drug-likeness (QED) is 0.337. The summed E-state index contributed by atoms with van der Waals surface area (Å²) in [6, 6.07) is 20.0. The largest absolute Gasteiger partial charge is 0.497 e. The molecule has 1 aromatic heterocycles. The molecule has 0 bridgehead atoms. The first-order chi connectivity index (χ1) is 17.9. The summed E-state index contributed by atoms with van der Waals surface area (Å²) in [6.45, 7) is 3.50. The van der Waals surface area contributed by atoms with Crippen LogP contribution in [0.5, 0.6) is 5.75 Å². The number of nitrogens with one attached hydrogen (secondary N) is 1. The molecule has 0 radical (unpaired) electrons. The van der Waals surface area contributed by atoms with Gasteiger partial charge in [-0.25, -0.2) is 4.79 Å². The molecule has 4 aromatic rings. The average Bonchev–Trinajstić information content (AvgIpc) is 2.92. The summed E-state index contributed by atoms with van der Waals surface area (Å²) in [5, 5.41) is 3.28. The molecule has 0 aliphatic rings. The first kappa shape index (κ1) is 25.9. The van der Waals surface area contributed by atoms with E-state index >= 15 is 0 Å². The van der Waals surface area contributed by atoms with Crippen LogP contribution in [0, 0.1) is 6.92 Å². The van der Waals surface area contributed by atoms with Gasteiger partial charge in [-0.1, -0.05) is 42.0 Å². The third kappa shape index (κ3) is 5.98. The first-order valence-corrected chi connectivity index (χ1v) is 12.1. The van der Waals surface area contributed by atoms with Gasteiger partial charge < -0.3 is 14.8 Å². The molecule has 4 rings (SSSR count). The SMILES string of the molecule is COCCCNC(=O)c1ccc(Cn2c(=O)c3ccc(OC)cc3n(Cc3ccc(C)cc3)c2=O)cc1. The number of hydrogen-bond donors (Lipinski definition) is 1. The average molecular weight is 502 g/mol. The molecule has 3 aromatic carbocycles. The van der Waals surface area contributed by atoms with E-state index in [9.17, 15) is 14.4 Å². The van der Waals surface area contributed by atoms with Crippen LogP contribution in [-0.2, 0) is 17.8 Å². The van der Waals surface area contributed by atoms with Crippen LogP contribution in [0.4, 0.5) is 0 Å². The van der Waals surface area contributed by atoms with Crippen LogP contribution in [-0.4, -0.2) is 42.4 Å². The van der Waals surface area contributed by atoms with Crippen molar-refractivity contribution in [3.05, 3.63) is 110 Å². The number of aromatic nitrogens is 2. The minimum Gasteiger partial charge on any atom is -0.497 e. The van der Waals surface area contributed by atoms with Crippen molar-refractivity contribution in [1.82, 2.24) is 14.5 Å². The van der Waals surface area contributed by atoms with Gasteiger partial charge >= 0.3 is 5.69 Å². The fraction of sp³-hybridized carbons (Fsp3) is 0.276. The van der Waals surface area contributed by atoms with E-state index in [2.05, 4.69) is 5.32 Å². The Hall–Kier alpha value is -4.17. The van der Waals surface area contributed by atoms with Crippen LogP contribution in [0.2, 0.25) is 0 Å². The summed E-state index contributed by atoms with van der Waals surface area (Å²) < 4.78 is 13.2. The molecule has 192 valence electrons. The number of nitrogens with zero attached hydrogens (tertiary/aromatic N) is 2. The minimum absolute atomic E-state index is 0.0866. The highest BCUT2D eigenvalue weighted by molar-refractivity contribution is 5.94. The molecule has 0 aliphatic heterocycles. The topological polar surface area (TPSA) is 91.6 Å². The number of fused-ring (bicyclic) bond motifs is 1. The second kappa shape index (κ2) is 11.7. The van der Waals surface area contributed by atoms with Gasteiger partial charge in [-0.05, 0) is 48.7 Å². The Morgan fingerprint density at radius 1 is 0.865 bits per heavy atom. The predicted octanol–water partition coefficient (Wildman–Crippen LogP) is 3.34. The number of benzene rings is 3. The lowest BCUT2D eigenvalue weighted by atomic mass is 10.1. The van der Waals surface area contributed by atoms with Gasteiger partial charge in [0.1, 0.15) is 5.75 Å². The smallest absolute Gasteiger partial charge is 0.332 e. The second-order valence-corrected chi connectivity index (χ2v) is 8.93. The van der Waals surface area contributed by atoms with E-state index in [4.69, 9.17) is 9.47 Å². The molecular formula is C29H31N3O5. The second-order valence-electron chi connectivity index (χ2n) is 8.93. The lowest BCUT2D eigenvalue weighted by Crippen LogP contribution is -2.40. The summed E-state index contributed by atoms with van der Waals surface area (Å²) in [6.07, 6.45) is 0.728. The van der Waals surface area contributed by atoms with Gasteiger partial charge in [0.2, 0.25) is 0 Å². The fourth-order valence-corrected chi connectivity index (χ4v) is 4.16. The van der Waals surface area contributed by atoms with Crippen molar-refractivity contribution < 1.29 is 14.3 Å². The van der Waals surface area contributed by atoms with Crippen molar-refractivity contribution in [2.75, 3.05) is 27.4 Å². The number of ether oxygens (including phenoxy) is 2. The normalized spacial score (nSPS) is 11.0. The maximum Gasteiger partial charge on any atom is 0.332 e. The summed E-state index contributed by atoms with van der Waals surface area (Å²) in [5.41, 5.74) is 3.06. The lowest BCUT2D eigenvalue weighted by molar-refractivity contribution is 0.0948. The van der Waals surface area contributed by atoms with Crippen molar-refractivity contribution in [1.29, 1.82) is 0 Å². The third-order valence-corrected chi connectivity index (χ3v) is 6.26. The molecule has 0 aliphatic carbocycles. The zero-order valence-electron chi connectivity index (χ0n) is 21.3. The zero-order valence-corrected chi connectivity index (χ0v) is 21.3. The molecule has 0 atom stereocenters. The Kier molecular flexibility index (Phi) is 8.20. The van der Waals surface area contributed by atoms with Crippen LogP contribution >= 0.6 is 0 Å². The molecule has 1 heterocycles. The molecular weight excluding hydrogens is 470 g/mol. The van der Waals surface area contributed by atoms with Crippen molar-refractivity contribution in [3.8, 4) is 5.75 Å². The number of rotatable bonds is 10. The number of carbonyl (C=O) groups is 1. The molecule has 1 N–H and O–H groups in total. The van der Waals surface area contributed by atoms with Crippen LogP contribution in [0.15, 0.2) is 76.3 Å². The zero-order chi connectivity index (χ0) is 26.4. The van der Waals surface area contributed by atoms with E-state index in [-0.39, 0.29) is 18.0 Å². The molecule has 0 fully saturated rings. The van der Waals surface area contributed by atoms with E-state index in [1.165, 1.54) is 4.57 Å². The number of aryl methyl sites for hydroxylation is 1. The summed E-state index contributed by atoms with van der Waals surface area (Å²) in [4.78, 5) is 39.4. The highest BCUT2D eigenvalue weighted by atomic mass is 16.5. The fourth-order valence-electron chi connectivity index (χ4n) is 4.16. The first-order valence-electron chi connectivity index (χ1n) is 12.1. The van der Waals surface area contributed by atoms with Gasteiger partial charge in [-0.2, -0.15) is 0 Å². The molecule has 37 heavy (non-hydrogen) atoms. The number of methoxy groups -OCH3 is 2. The minimum atomic E-state index is -0.411. The van der Waals surface area contributed by atoms with Gasteiger partial charge in [-0.15, -0.1) is 0 Å². The van der Waals surface area contributed by atoms with Crippen LogP contribution < -0.4 is 21.3 Å². The maximum atomic E-state index is 13.6. The van der Waals surface area contributed by atoms with E-state index in [1.54, 1.807) is 61.3 Å². The lowest BCUT2D eigenvalue weighted by Gasteiger charge is -2.15. The van der Waals surface area contributed by atoms with E-state index in [1.807, 2.05) is 31.2 Å². The van der Waals surface area contributed by atoms with Crippen LogP contribution in [0.25, 0.3) is 10.9 Å². The van der Waals surface area contributed by atoms with Gasteiger partial charge in [0, 0.05) is 31.9 Å². The standard InChI is InChI=1S/C29H31N3O5/c1-20-5-7-21(8-6-20)18-31-26-17-24(37-3)13-14-25(26)28(34)32(29(31)35)19-22-9-11-23(12-10-22)27(33)30-15-4-16-36-2/h5-14,17H,4,15-16,18-19H2,1-3H3,(H,30,33). The molecule has 8 nitrogen and oxygen atoms in total. The van der Waals surface area contributed by atoms with Crippen molar-refractivity contribution in [3.63, 3.8) is 0 Å². The number of hydrogen-bond acceptors (Lipinski definition) is 5. The molecule has 1 amide bonds. The molecule has 8 heteroatoms. The van der Waals surface area contributed by atoms with Crippen LogP contribution in [0.1, 0.15) is 33.5 Å². The van der Waals surface area contributed by atoms with Crippen molar-refractivity contribution in [2.45, 2.75) is 26.4 Å². The summed E-state index contributed by atoms with van der Waals surface area (Å²) in [5.74, 6) is 0.387. The molecule has 0 spiro atoms. The van der Waals surface area contributed by atoms with Crippen molar-refractivity contribution in [2.24, 2.45) is 0 Å². The Morgan fingerprint density at radius 2 is 1.51 bits per heavy atom. The van der Waals surface area contributed by atoms with Crippen LogP contribution in [0.3, 0.4) is 0 Å². The Bertz CT molecular complexity index is 1500. The molecule has 0 saturated carbocycles. The van der Waals surface area contributed by atoms with E-state index < -0.39 is 5.69 Å². The summed E-state index contributed by atoms with van der Waals surface area (Å²) >= 11 is 0. The summed E-state index contributed by atoms with van der Waals surface area (Å²) in [7, 11) is 3.17. The Balaban J connectivity index is 1.68. The Labute approximate surface area is 215 Å². The van der Waals surface area contributed by atoms with Crippen molar-refractivity contribution >= 4 is 16.8 Å². The van der Waals surface area contributed by atoms with Gasteiger partial charge in [0.05, 0.1) is 31.1 Å². The highest BCUT2D eigenvalue weighted by Crippen LogP contribution is 2.19. The third-order valence-electron chi connectivity index (χ3n) is 6.26.